The van der Waals surface area contributed by atoms with E-state index < -0.39 is 5.97 Å². The SMILES string of the molecule is CCOC(=O)c1cc(C(=O)c2ccccc2O)n2ccc3ccccc3c12. The van der Waals surface area contributed by atoms with Gasteiger partial charge < -0.3 is 14.2 Å². The molecule has 0 saturated heterocycles. The first-order valence-corrected chi connectivity index (χ1v) is 8.64. The minimum absolute atomic E-state index is 0.101. The zero-order valence-electron chi connectivity index (χ0n) is 14.7. The summed E-state index contributed by atoms with van der Waals surface area (Å²) in [6.45, 7) is 1.98. The van der Waals surface area contributed by atoms with Crippen LogP contribution in [0.4, 0.5) is 0 Å². The summed E-state index contributed by atoms with van der Waals surface area (Å²) < 4.78 is 6.88. The number of rotatable bonds is 4. The van der Waals surface area contributed by atoms with E-state index in [1.807, 2.05) is 30.3 Å². The molecule has 4 aromatic rings. The predicted octanol–water partition coefficient (Wildman–Crippen LogP) is 4.21. The van der Waals surface area contributed by atoms with Crippen molar-refractivity contribution >= 4 is 28.0 Å². The topological polar surface area (TPSA) is 68.0 Å². The van der Waals surface area contributed by atoms with E-state index in [0.717, 1.165) is 10.8 Å². The van der Waals surface area contributed by atoms with Gasteiger partial charge in [0.2, 0.25) is 5.78 Å². The van der Waals surface area contributed by atoms with Crippen LogP contribution in [0.2, 0.25) is 0 Å². The molecule has 0 radical (unpaired) electrons. The number of aromatic hydroxyl groups is 1. The zero-order chi connectivity index (χ0) is 19.0. The van der Waals surface area contributed by atoms with E-state index in [1.54, 1.807) is 35.7 Å². The molecule has 4 rings (SSSR count). The maximum Gasteiger partial charge on any atom is 0.340 e. The summed E-state index contributed by atoms with van der Waals surface area (Å²) in [5, 5.41) is 11.9. The lowest BCUT2D eigenvalue weighted by molar-refractivity contribution is 0.0529. The van der Waals surface area contributed by atoms with Crippen molar-refractivity contribution in [2.75, 3.05) is 6.61 Å². The molecular formula is C22H17NO4. The lowest BCUT2D eigenvalue weighted by atomic mass is 10.1. The Bertz CT molecular complexity index is 1190. The molecule has 5 heteroatoms. The Labute approximate surface area is 155 Å². The first-order valence-electron chi connectivity index (χ1n) is 8.64. The third kappa shape index (κ3) is 2.73. The van der Waals surface area contributed by atoms with Crippen molar-refractivity contribution in [3.8, 4) is 5.75 Å². The second-order valence-corrected chi connectivity index (χ2v) is 6.13. The van der Waals surface area contributed by atoms with Crippen molar-refractivity contribution in [3.05, 3.63) is 83.7 Å². The van der Waals surface area contributed by atoms with E-state index in [-0.39, 0.29) is 23.7 Å². The van der Waals surface area contributed by atoms with Crippen molar-refractivity contribution in [1.29, 1.82) is 0 Å². The number of ether oxygens (including phenoxy) is 1. The average molecular weight is 359 g/mol. The summed E-state index contributed by atoms with van der Waals surface area (Å²) in [4.78, 5) is 25.6. The van der Waals surface area contributed by atoms with Crippen LogP contribution in [0.15, 0.2) is 66.9 Å². The number of nitrogens with zero attached hydrogens (tertiary/aromatic N) is 1. The normalized spacial score (nSPS) is 11.0. The zero-order valence-corrected chi connectivity index (χ0v) is 14.7. The number of carbonyl (C=O) groups excluding carboxylic acids is 2. The van der Waals surface area contributed by atoms with Crippen LogP contribution in [0.5, 0.6) is 5.75 Å². The van der Waals surface area contributed by atoms with Gasteiger partial charge in [-0.1, -0.05) is 36.4 Å². The molecule has 0 unspecified atom stereocenters. The summed E-state index contributed by atoms with van der Waals surface area (Å²) in [6, 6.07) is 17.4. The quantitative estimate of drug-likeness (QED) is 0.438. The number of para-hydroxylation sites is 1. The van der Waals surface area contributed by atoms with E-state index in [1.165, 1.54) is 12.1 Å². The molecule has 27 heavy (non-hydrogen) atoms. The van der Waals surface area contributed by atoms with Gasteiger partial charge in [0.1, 0.15) is 5.75 Å². The van der Waals surface area contributed by atoms with Crippen LogP contribution in [-0.2, 0) is 4.74 Å². The fourth-order valence-electron chi connectivity index (χ4n) is 3.31. The molecule has 0 aliphatic carbocycles. The Kier molecular flexibility index (Phi) is 4.12. The van der Waals surface area contributed by atoms with Gasteiger partial charge in [-0.3, -0.25) is 4.79 Å². The van der Waals surface area contributed by atoms with Gasteiger partial charge >= 0.3 is 5.97 Å². The number of benzene rings is 2. The van der Waals surface area contributed by atoms with Gasteiger partial charge in [0.05, 0.1) is 28.9 Å². The highest BCUT2D eigenvalue weighted by Crippen LogP contribution is 2.29. The summed E-state index contributed by atoms with van der Waals surface area (Å²) >= 11 is 0. The minimum atomic E-state index is -0.484. The van der Waals surface area contributed by atoms with Crippen LogP contribution >= 0.6 is 0 Å². The van der Waals surface area contributed by atoms with Gasteiger partial charge in [-0.15, -0.1) is 0 Å². The Morgan fingerprint density at radius 3 is 2.52 bits per heavy atom. The van der Waals surface area contributed by atoms with E-state index in [9.17, 15) is 14.7 Å². The van der Waals surface area contributed by atoms with Crippen molar-refractivity contribution in [1.82, 2.24) is 4.40 Å². The van der Waals surface area contributed by atoms with E-state index in [4.69, 9.17) is 4.74 Å². The Balaban J connectivity index is 2.02. The van der Waals surface area contributed by atoms with Crippen molar-refractivity contribution in [2.24, 2.45) is 0 Å². The standard InChI is InChI=1S/C22H17NO4/c1-2-27-22(26)17-13-18(21(25)16-9-5-6-10-19(16)24)23-12-11-14-7-3-4-8-15(14)20(17)23/h3-13,24H,2H2,1H3. The predicted molar refractivity (Wildman–Crippen MR) is 102 cm³/mol. The molecule has 2 aromatic carbocycles. The molecule has 2 aromatic heterocycles. The van der Waals surface area contributed by atoms with Gasteiger partial charge in [0.25, 0.3) is 0 Å². The van der Waals surface area contributed by atoms with Gasteiger partial charge in [-0.25, -0.2) is 4.79 Å². The van der Waals surface area contributed by atoms with Crippen molar-refractivity contribution in [2.45, 2.75) is 6.92 Å². The minimum Gasteiger partial charge on any atom is -0.507 e. The number of carbonyl (C=O) groups is 2. The number of hydrogen-bond acceptors (Lipinski definition) is 4. The number of aromatic nitrogens is 1. The molecule has 5 nitrogen and oxygen atoms in total. The fourth-order valence-corrected chi connectivity index (χ4v) is 3.31. The maximum atomic E-state index is 13.1. The van der Waals surface area contributed by atoms with Crippen LogP contribution in [0.3, 0.4) is 0 Å². The van der Waals surface area contributed by atoms with E-state index in [2.05, 4.69) is 0 Å². The highest BCUT2D eigenvalue weighted by Gasteiger charge is 2.24. The number of phenols is 1. The monoisotopic (exact) mass is 359 g/mol. The second kappa shape index (κ2) is 6.61. The highest BCUT2D eigenvalue weighted by molar-refractivity contribution is 6.15. The highest BCUT2D eigenvalue weighted by atomic mass is 16.5. The molecule has 0 bridgehead atoms. The molecule has 1 N–H and O–H groups in total. The average Bonchev–Trinajstić information content (AvgIpc) is 3.08. The third-order valence-corrected chi connectivity index (χ3v) is 4.53. The van der Waals surface area contributed by atoms with Crippen LogP contribution in [-0.4, -0.2) is 27.9 Å². The van der Waals surface area contributed by atoms with Crippen LogP contribution < -0.4 is 0 Å². The number of hydrogen-bond donors (Lipinski definition) is 1. The van der Waals surface area contributed by atoms with E-state index in [0.29, 0.717) is 16.8 Å². The van der Waals surface area contributed by atoms with E-state index >= 15 is 0 Å². The molecule has 0 spiro atoms. The molecule has 134 valence electrons. The lowest BCUT2D eigenvalue weighted by Gasteiger charge is -2.07. The third-order valence-electron chi connectivity index (χ3n) is 4.53. The summed E-state index contributed by atoms with van der Waals surface area (Å²) in [6.07, 6.45) is 1.76. The van der Waals surface area contributed by atoms with Crippen molar-refractivity contribution < 1.29 is 19.4 Å². The number of pyridine rings is 1. The number of esters is 1. The van der Waals surface area contributed by atoms with Crippen LogP contribution in [0, 0.1) is 0 Å². The Morgan fingerprint density at radius 1 is 1.00 bits per heavy atom. The molecule has 0 fully saturated rings. The molecular weight excluding hydrogens is 342 g/mol. The molecule has 0 saturated carbocycles. The largest absolute Gasteiger partial charge is 0.507 e. The van der Waals surface area contributed by atoms with Gasteiger partial charge in [-0.2, -0.15) is 0 Å². The molecule has 0 aliphatic heterocycles. The summed E-state index contributed by atoms with van der Waals surface area (Å²) in [5.41, 5.74) is 1.42. The Morgan fingerprint density at radius 2 is 1.74 bits per heavy atom. The lowest BCUT2D eigenvalue weighted by Crippen LogP contribution is -2.05. The number of phenolic OH excluding ortho intramolecular Hbond substituents is 1. The Hall–Kier alpha value is -3.60. The second-order valence-electron chi connectivity index (χ2n) is 6.13. The van der Waals surface area contributed by atoms with Crippen LogP contribution in [0.1, 0.15) is 33.3 Å². The van der Waals surface area contributed by atoms with Gasteiger partial charge in [0.15, 0.2) is 0 Å². The first kappa shape index (κ1) is 16.8. The number of fused-ring (bicyclic) bond motifs is 3. The fraction of sp³-hybridized carbons (Fsp3) is 0.0909. The molecule has 0 amide bonds. The molecule has 0 aliphatic rings. The number of ketones is 1. The summed E-state index contributed by atoms with van der Waals surface area (Å²) in [7, 11) is 0. The molecule has 0 atom stereocenters. The van der Waals surface area contributed by atoms with Crippen LogP contribution in [0.25, 0.3) is 16.3 Å². The smallest absolute Gasteiger partial charge is 0.340 e. The summed E-state index contributed by atoms with van der Waals surface area (Å²) in [5.74, 6) is -0.951. The molecule has 2 heterocycles. The first-order chi connectivity index (χ1) is 13.1. The van der Waals surface area contributed by atoms with Crippen molar-refractivity contribution in [3.63, 3.8) is 0 Å². The van der Waals surface area contributed by atoms with Gasteiger partial charge in [0, 0.05) is 11.6 Å². The van der Waals surface area contributed by atoms with Gasteiger partial charge in [-0.05, 0) is 36.6 Å². The maximum absolute atomic E-state index is 13.1.